The van der Waals surface area contributed by atoms with Gasteiger partial charge in [-0.15, -0.1) is 0 Å². The van der Waals surface area contributed by atoms with Crippen molar-refractivity contribution in [2.75, 3.05) is 11.5 Å². The van der Waals surface area contributed by atoms with Crippen molar-refractivity contribution in [3.63, 3.8) is 0 Å². The number of carboxylic acid groups (broad SMARTS) is 1. The fraction of sp³-hybridized carbons (Fsp3) is 0.308. The first-order valence-electron chi connectivity index (χ1n) is 6.29. The number of aromatic nitrogens is 2. The van der Waals surface area contributed by atoms with E-state index in [-0.39, 0.29) is 17.9 Å². The lowest BCUT2D eigenvalue weighted by atomic mass is 10.2. The molecule has 2 N–H and O–H groups in total. The summed E-state index contributed by atoms with van der Waals surface area (Å²) in [6.07, 6.45) is 0. The number of carbonyl (C=O) groups is 1. The predicted molar refractivity (Wildman–Crippen MR) is 79.3 cm³/mol. The molecule has 1 aromatic heterocycles. The van der Waals surface area contributed by atoms with Crippen LogP contribution in [0.1, 0.15) is 17.3 Å². The van der Waals surface area contributed by atoms with Gasteiger partial charge in [0.2, 0.25) is 0 Å². The molecule has 21 heavy (non-hydrogen) atoms. The van der Waals surface area contributed by atoms with Gasteiger partial charge in [-0.3, -0.25) is 13.8 Å². The first-order chi connectivity index (χ1) is 9.93. The van der Waals surface area contributed by atoms with Crippen LogP contribution >= 0.6 is 0 Å². The summed E-state index contributed by atoms with van der Waals surface area (Å²) in [5.74, 6) is -0.443. The van der Waals surface area contributed by atoms with Crippen molar-refractivity contribution in [3.8, 4) is 0 Å². The van der Waals surface area contributed by atoms with Gasteiger partial charge in [0.1, 0.15) is 0 Å². The Morgan fingerprint density at radius 2 is 2.10 bits per heavy atom. The fourth-order valence-corrected chi connectivity index (χ4v) is 2.64. The molecule has 1 unspecified atom stereocenters. The van der Waals surface area contributed by atoms with Gasteiger partial charge in [-0.2, -0.15) is 0 Å². The Kier molecular flexibility index (Phi) is 4.37. The molecule has 1 aromatic carbocycles. The molecule has 0 aliphatic rings. The van der Waals surface area contributed by atoms with Crippen LogP contribution in [0.15, 0.2) is 27.8 Å². The number of fused-ring (bicyclic) bond motifs is 1. The van der Waals surface area contributed by atoms with Crippen LogP contribution < -0.4 is 11.1 Å². The van der Waals surface area contributed by atoms with Crippen LogP contribution in [0.4, 0.5) is 0 Å². The molecule has 0 saturated carbocycles. The van der Waals surface area contributed by atoms with Crippen LogP contribution in [-0.4, -0.2) is 36.3 Å². The molecule has 0 fully saturated rings. The van der Waals surface area contributed by atoms with Crippen LogP contribution in [0.25, 0.3) is 11.0 Å². The second-order valence-electron chi connectivity index (χ2n) is 4.38. The summed E-state index contributed by atoms with van der Waals surface area (Å²) in [4.78, 5) is 37.0. The molecule has 1 heterocycles. The van der Waals surface area contributed by atoms with Crippen molar-refractivity contribution in [2.24, 2.45) is 0 Å². The van der Waals surface area contributed by atoms with Gasteiger partial charge in [0, 0.05) is 28.9 Å². The number of aromatic amines is 1. The Hall–Kier alpha value is -2.22. The minimum Gasteiger partial charge on any atom is -0.478 e. The van der Waals surface area contributed by atoms with Gasteiger partial charge >= 0.3 is 17.1 Å². The van der Waals surface area contributed by atoms with E-state index in [0.29, 0.717) is 16.8 Å². The number of aromatic carboxylic acids is 1. The van der Waals surface area contributed by atoms with Crippen molar-refractivity contribution < 1.29 is 14.1 Å². The summed E-state index contributed by atoms with van der Waals surface area (Å²) in [6.45, 7) is 1.86. The van der Waals surface area contributed by atoms with Crippen LogP contribution in [0.5, 0.6) is 0 Å². The molecule has 1 atom stereocenters. The minimum atomic E-state index is -1.13. The van der Waals surface area contributed by atoms with E-state index in [1.54, 1.807) is 6.92 Å². The molecule has 2 rings (SSSR count). The highest BCUT2D eigenvalue weighted by Gasteiger charge is 2.11. The molecular formula is C13H14N2O5S. The molecule has 0 radical (unpaired) electrons. The zero-order valence-electron chi connectivity index (χ0n) is 11.3. The smallest absolute Gasteiger partial charge is 0.335 e. The van der Waals surface area contributed by atoms with Crippen LogP contribution in [-0.2, 0) is 17.3 Å². The van der Waals surface area contributed by atoms with E-state index in [9.17, 15) is 18.6 Å². The van der Waals surface area contributed by atoms with E-state index >= 15 is 0 Å². The summed E-state index contributed by atoms with van der Waals surface area (Å²) in [5, 5.41) is 9.01. The van der Waals surface area contributed by atoms with Gasteiger partial charge in [0.15, 0.2) is 0 Å². The SMILES string of the molecule is CCS(=O)CCn1c(=O)c(=O)[nH]c2ccc(C(=O)O)cc21. The highest BCUT2D eigenvalue weighted by atomic mass is 32.2. The highest BCUT2D eigenvalue weighted by Crippen LogP contribution is 2.12. The second-order valence-corrected chi connectivity index (χ2v) is 6.25. The van der Waals surface area contributed by atoms with E-state index in [1.807, 2.05) is 0 Å². The number of nitrogens with one attached hydrogen (secondary N) is 1. The maximum atomic E-state index is 11.9. The molecular weight excluding hydrogens is 296 g/mol. The average Bonchev–Trinajstić information content (AvgIpc) is 2.46. The van der Waals surface area contributed by atoms with E-state index < -0.39 is 27.9 Å². The van der Waals surface area contributed by atoms with Crippen LogP contribution in [0.2, 0.25) is 0 Å². The van der Waals surface area contributed by atoms with E-state index in [4.69, 9.17) is 5.11 Å². The van der Waals surface area contributed by atoms with Crippen molar-refractivity contribution >= 4 is 27.8 Å². The Balaban J connectivity index is 2.63. The van der Waals surface area contributed by atoms with Crippen LogP contribution in [0, 0.1) is 0 Å². The molecule has 0 aliphatic carbocycles. The highest BCUT2D eigenvalue weighted by molar-refractivity contribution is 7.84. The first-order valence-corrected chi connectivity index (χ1v) is 7.78. The van der Waals surface area contributed by atoms with Gasteiger partial charge in [-0.1, -0.05) is 6.92 Å². The van der Waals surface area contributed by atoms with Crippen molar-refractivity contribution in [2.45, 2.75) is 13.5 Å². The molecule has 0 bridgehead atoms. The number of H-pyrrole nitrogens is 1. The molecule has 8 heteroatoms. The van der Waals surface area contributed by atoms with Crippen LogP contribution in [0.3, 0.4) is 0 Å². The normalized spacial score (nSPS) is 12.4. The summed E-state index contributed by atoms with van der Waals surface area (Å²) >= 11 is 0. The number of carboxylic acids is 1. The Labute approximate surface area is 121 Å². The number of aryl methyl sites for hydroxylation is 1. The van der Waals surface area contributed by atoms with E-state index in [1.165, 1.54) is 22.8 Å². The summed E-state index contributed by atoms with van der Waals surface area (Å²) in [6, 6.07) is 4.11. The van der Waals surface area contributed by atoms with Crippen molar-refractivity contribution in [3.05, 3.63) is 44.5 Å². The lowest BCUT2D eigenvalue weighted by Crippen LogP contribution is -2.37. The zero-order valence-corrected chi connectivity index (χ0v) is 12.1. The monoisotopic (exact) mass is 310 g/mol. The molecule has 0 aliphatic heterocycles. The number of nitrogens with zero attached hydrogens (tertiary/aromatic N) is 1. The first kappa shape index (κ1) is 15.2. The van der Waals surface area contributed by atoms with Gasteiger partial charge < -0.3 is 14.7 Å². The fourth-order valence-electron chi connectivity index (χ4n) is 1.96. The molecule has 0 saturated heterocycles. The Bertz CT molecular complexity index is 837. The number of hydrogen-bond acceptors (Lipinski definition) is 4. The molecule has 0 amide bonds. The largest absolute Gasteiger partial charge is 0.478 e. The van der Waals surface area contributed by atoms with Gasteiger partial charge in [0.05, 0.1) is 16.6 Å². The van der Waals surface area contributed by atoms with E-state index in [0.717, 1.165) is 0 Å². The summed E-state index contributed by atoms with van der Waals surface area (Å²) < 4.78 is 12.7. The third kappa shape index (κ3) is 3.10. The van der Waals surface area contributed by atoms with E-state index in [2.05, 4.69) is 4.98 Å². The predicted octanol–water partition coefficient (Wildman–Crippen LogP) is 0.157. The summed E-state index contributed by atoms with van der Waals surface area (Å²) in [5.41, 5.74) is -0.871. The lowest BCUT2D eigenvalue weighted by Gasteiger charge is -2.09. The van der Waals surface area contributed by atoms with Gasteiger partial charge in [-0.25, -0.2) is 4.79 Å². The van der Waals surface area contributed by atoms with Crippen molar-refractivity contribution in [1.82, 2.24) is 9.55 Å². The third-order valence-electron chi connectivity index (χ3n) is 3.09. The van der Waals surface area contributed by atoms with Crippen molar-refractivity contribution in [1.29, 1.82) is 0 Å². The number of benzene rings is 1. The maximum Gasteiger partial charge on any atom is 0.335 e. The second kappa shape index (κ2) is 6.04. The molecule has 7 nitrogen and oxygen atoms in total. The van der Waals surface area contributed by atoms with Gasteiger partial charge in [0.25, 0.3) is 0 Å². The average molecular weight is 310 g/mol. The third-order valence-corrected chi connectivity index (χ3v) is 4.37. The lowest BCUT2D eigenvalue weighted by molar-refractivity contribution is 0.0697. The molecule has 2 aromatic rings. The molecule has 112 valence electrons. The summed E-state index contributed by atoms with van der Waals surface area (Å²) in [7, 11) is -1.09. The zero-order chi connectivity index (χ0) is 15.6. The number of hydrogen-bond donors (Lipinski definition) is 2. The number of rotatable bonds is 5. The van der Waals surface area contributed by atoms with Gasteiger partial charge in [-0.05, 0) is 18.2 Å². The quantitative estimate of drug-likeness (QED) is 0.764. The Morgan fingerprint density at radius 3 is 2.71 bits per heavy atom. The maximum absolute atomic E-state index is 11.9. The minimum absolute atomic E-state index is 0.0133. The topological polar surface area (TPSA) is 109 Å². The molecule has 0 spiro atoms. The standard InChI is InChI=1S/C13H14N2O5S/c1-2-21(20)6-5-15-10-7-8(13(18)19)3-4-9(10)14-11(16)12(15)17/h3-4,7H,2,5-6H2,1H3,(H,14,16)(H,18,19). The Morgan fingerprint density at radius 1 is 1.38 bits per heavy atom.